The Kier molecular flexibility index (Phi) is 10.2. The quantitative estimate of drug-likeness (QED) is 0.197. The minimum Gasteiger partial charge on any atom is -0.497 e. The summed E-state index contributed by atoms with van der Waals surface area (Å²) in [5.41, 5.74) is 1.64. The predicted molar refractivity (Wildman–Crippen MR) is 186 cm³/mol. The Morgan fingerprint density at radius 3 is 2.50 bits per heavy atom. The average Bonchev–Trinajstić information content (AvgIpc) is 3.64. The van der Waals surface area contributed by atoms with Gasteiger partial charge in [0, 0.05) is 66.9 Å². The van der Waals surface area contributed by atoms with Crippen LogP contribution in [0, 0.1) is 5.82 Å². The molecule has 12 nitrogen and oxygen atoms in total. The van der Waals surface area contributed by atoms with E-state index in [0.717, 1.165) is 22.7 Å². The largest absolute Gasteiger partial charge is 0.497 e. The SMILES string of the molecule is COc1ccc(CN(c2ncns2)S(=O)(=O)c2ccc3c(c2)OCC[C@@H]3N2CCN(C(=O)OC(C)(C)C)C[C@H]2c2ccc(F)cc2)c(OC)c1. The van der Waals surface area contributed by atoms with E-state index in [1.807, 2.05) is 20.8 Å². The number of piperazine rings is 1. The lowest BCUT2D eigenvalue weighted by atomic mass is 9.93. The van der Waals surface area contributed by atoms with Crippen molar-refractivity contribution in [1.82, 2.24) is 19.2 Å². The Morgan fingerprint density at radius 2 is 1.82 bits per heavy atom. The van der Waals surface area contributed by atoms with E-state index in [-0.39, 0.29) is 34.5 Å². The molecule has 2 aliphatic rings. The maximum atomic E-state index is 14.3. The van der Waals surface area contributed by atoms with Gasteiger partial charge in [-0.1, -0.05) is 18.2 Å². The highest BCUT2D eigenvalue weighted by atomic mass is 32.2. The summed E-state index contributed by atoms with van der Waals surface area (Å²) >= 11 is 0.967. The van der Waals surface area contributed by atoms with Crippen molar-refractivity contribution in [3.63, 3.8) is 0 Å². The van der Waals surface area contributed by atoms with Gasteiger partial charge in [0.1, 0.15) is 35.0 Å². The van der Waals surface area contributed by atoms with Gasteiger partial charge >= 0.3 is 6.09 Å². The smallest absolute Gasteiger partial charge is 0.410 e. The summed E-state index contributed by atoms with van der Waals surface area (Å²) < 4.78 is 70.6. The number of carbonyl (C=O) groups is 1. The summed E-state index contributed by atoms with van der Waals surface area (Å²) in [7, 11) is -1.11. The van der Waals surface area contributed by atoms with Crippen molar-refractivity contribution in [2.45, 2.75) is 56.3 Å². The third-order valence-electron chi connectivity index (χ3n) is 8.68. The van der Waals surface area contributed by atoms with Crippen molar-refractivity contribution in [2.75, 3.05) is 44.8 Å². The zero-order valence-corrected chi connectivity index (χ0v) is 30.2. The highest BCUT2D eigenvalue weighted by Crippen LogP contribution is 2.43. The molecule has 0 aliphatic carbocycles. The van der Waals surface area contributed by atoms with Crippen molar-refractivity contribution in [1.29, 1.82) is 0 Å². The molecule has 2 aliphatic heterocycles. The number of benzene rings is 3. The third kappa shape index (κ3) is 7.49. The molecule has 50 heavy (non-hydrogen) atoms. The van der Waals surface area contributed by atoms with Gasteiger partial charge in [-0.2, -0.15) is 4.37 Å². The van der Waals surface area contributed by atoms with E-state index >= 15 is 0 Å². The van der Waals surface area contributed by atoms with Gasteiger partial charge in [-0.25, -0.2) is 26.9 Å². The number of rotatable bonds is 9. The number of ether oxygens (including phenoxy) is 4. The second kappa shape index (κ2) is 14.4. The van der Waals surface area contributed by atoms with Gasteiger partial charge < -0.3 is 23.8 Å². The second-order valence-corrected chi connectivity index (χ2v) is 15.6. The summed E-state index contributed by atoms with van der Waals surface area (Å²) in [6, 6.07) is 16.0. The van der Waals surface area contributed by atoms with Crippen LogP contribution in [-0.4, -0.2) is 79.7 Å². The number of sulfonamides is 1. The minimum absolute atomic E-state index is 0.0319. The fourth-order valence-electron chi connectivity index (χ4n) is 6.30. The molecule has 6 rings (SSSR count). The standard InChI is InChI=1S/C35H40FN5O7S2/c1-35(2,3)48-34(42)39-15-16-40(30(21-39)23-6-9-25(36)10-7-23)29-14-17-47-32-19-27(12-13-28(29)32)50(43,44)41(33-37-22-38-49-33)20-24-8-11-26(45-4)18-31(24)46-5/h6-13,18-19,22,29-30H,14-17,20-21H2,1-5H3/t29-,30-/m0/s1. The van der Waals surface area contributed by atoms with Crippen LogP contribution in [0.5, 0.6) is 17.2 Å². The van der Waals surface area contributed by atoms with Gasteiger partial charge in [0.15, 0.2) is 0 Å². The highest BCUT2D eigenvalue weighted by Gasteiger charge is 2.39. The first-order chi connectivity index (χ1) is 23.9. The molecule has 4 aromatic rings. The van der Waals surface area contributed by atoms with Crippen LogP contribution in [0.1, 0.15) is 56.0 Å². The molecule has 0 saturated carbocycles. The van der Waals surface area contributed by atoms with Crippen LogP contribution in [0.3, 0.4) is 0 Å². The van der Waals surface area contributed by atoms with Crippen molar-refractivity contribution in [2.24, 2.45) is 0 Å². The zero-order valence-electron chi connectivity index (χ0n) is 28.5. The fourth-order valence-corrected chi connectivity index (χ4v) is 8.44. The number of methoxy groups -OCH3 is 2. The number of hydrogen-bond donors (Lipinski definition) is 0. The summed E-state index contributed by atoms with van der Waals surface area (Å²) in [4.78, 5) is 21.3. The Labute approximate surface area is 295 Å². The number of fused-ring (bicyclic) bond motifs is 1. The zero-order chi connectivity index (χ0) is 35.6. The van der Waals surface area contributed by atoms with Crippen LogP contribution in [0.25, 0.3) is 0 Å². The molecule has 1 saturated heterocycles. The van der Waals surface area contributed by atoms with E-state index in [1.54, 1.807) is 60.5 Å². The van der Waals surface area contributed by atoms with E-state index < -0.39 is 21.7 Å². The molecule has 0 radical (unpaired) electrons. The molecule has 1 amide bonds. The van der Waals surface area contributed by atoms with Crippen molar-refractivity contribution in [3.05, 3.63) is 89.5 Å². The molecule has 0 bridgehead atoms. The molecule has 15 heteroatoms. The minimum atomic E-state index is -4.16. The molecule has 1 aromatic heterocycles. The normalized spacial score (nSPS) is 18.2. The Morgan fingerprint density at radius 1 is 1.04 bits per heavy atom. The Hall–Kier alpha value is -4.47. The number of nitrogens with zero attached hydrogens (tertiary/aromatic N) is 5. The fraction of sp³-hybridized carbons (Fsp3) is 0.400. The van der Waals surface area contributed by atoms with Crippen LogP contribution in [-0.2, 0) is 21.3 Å². The number of aromatic nitrogens is 2. The van der Waals surface area contributed by atoms with E-state index in [2.05, 4.69) is 14.3 Å². The molecule has 0 unspecified atom stereocenters. The maximum absolute atomic E-state index is 14.3. The van der Waals surface area contributed by atoms with Gasteiger partial charge in [-0.3, -0.25) is 4.90 Å². The second-order valence-electron chi connectivity index (χ2n) is 13.0. The van der Waals surface area contributed by atoms with Crippen LogP contribution in [0.15, 0.2) is 71.9 Å². The lowest BCUT2D eigenvalue weighted by Gasteiger charge is -2.46. The van der Waals surface area contributed by atoms with Gasteiger partial charge in [-0.05, 0) is 56.7 Å². The lowest BCUT2D eigenvalue weighted by Crippen LogP contribution is -2.52. The van der Waals surface area contributed by atoms with E-state index in [0.29, 0.717) is 55.5 Å². The molecule has 3 aromatic carbocycles. The highest BCUT2D eigenvalue weighted by molar-refractivity contribution is 7.93. The number of anilines is 1. The van der Waals surface area contributed by atoms with E-state index in [9.17, 15) is 17.6 Å². The molecule has 1 fully saturated rings. The summed E-state index contributed by atoms with van der Waals surface area (Å²) in [5.74, 6) is 1.14. The predicted octanol–water partition coefficient (Wildman–Crippen LogP) is 6.21. The van der Waals surface area contributed by atoms with Crippen LogP contribution in [0.2, 0.25) is 0 Å². The van der Waals surface area contributed by atoms with Crippen molar-refractivity contribution in [3.8, 4) is 17.2 Å². The third-order valence-corrected chi connectivity index (χ3v) is 11.2. The number of hydrogen-bond acceptors (Lipinski definition) is 11. The van der Waals surface area contributed by atoms with E-state index in [4.69, 9.17) is 18.9 Å². The Bertz CT molecular complexity index is 1920. The van der Waals surface area contributed by atoms with Crippen LogP contribution < -0.4 is 18.5 Å². The molecule has 266 valence electrons. The maximum Gasteiger partial charge on any atom is 0.410 e. The topological polar surface area (TPSA) is 124 Å². The number of amides is 1. The first-order valence-corrected chi connectivity index (χ1v) is 18.4. The molecular weight excluding hydrogens is 686 g/mol. The van der Waals surface area contributed by atoms with Crippen LogP contribution >= 0.6 is 11.5 Å². The Balaban J connectivity index is 1.32. The molecule has 0 spiro atoms. The van der Waals surface area contributed by atoms with Crippen molar-refractivity contribution < 1.29 is 36.6 Å². The van der Waals surface area contributed by atoms with Gasteiger partial charge in [0.25, 0.3) is 10.0 Å². The van der Waals surface area contributed by atoms with E-state index in [1.165, 1.54) is 29.9 Å². The number of carbonyl (C=O) groups excluding carboxylic acids is 1. The molecule has 2 atom stereocenters. The van der Waals surface area contributed by atoms with Gasteiger partial charge in [0.05, 0.1) is 38.3 Å². The molecule has 3 heterocycles. The monoisotopic (exact) mass is 725 g/mol. The van der Waals surface area contributed by atoms with Gasteiger partial charge in [-0.15, -0.1) is 0 Å². The summed E-state index contributed by atoms with van der Waals surface area (Å²) in [5, 5.41) is 0.199. The summed E-state index contributed by atoms with van der Waals surface area (Å²) in [6.07, 6.45) is 1.55. The average molecular weight is 726 g/mol. The van der Waals surface area contributed by atoms with Crippen molar-refractivity contribution >= 4 is 32.8 Å². The first-order valence-electron chi connectivity index (χ1n) is 16.1. The molecule has 0 N–H and O–H groups in total. The molecular formula is C35H40FN5O7S2. The van der Waals surface area contributed by atoms with Crippen LogP contribution in [0.4, 0.5) is 14.3 Å². The lowest BCUT2D eigenvalue weighted by molar-refractivity contribution is -0.0104. The van der Waals surface area contributed by atoms with Gasteiger partial charge in [0.2, 0.25) is 5.13 Å². The first kappa shape index (κ1) is 35.4. The summed E-state index contributed by atoms with van der Waals surface area (Å²) in [6.45, 7) is 7.06. The number of halogens is 1.